The fourth-order valence-corrected chi connectivity index (χ4v) is 4.78. The Bertz CT molecular complexity index is 1130. The summed E-state index contributed by atoms with van der Waals surface area (Å²) in [7, 11) is 0. The maximum absolute atomic E-state index is 9.83. The molecule has 0 spiro atoms. The van der Waals surface area contributed by atoms with Crippen LogP contribution in [-0.4, -0.2) is 15.3 Å². The minimum absolute atomic E-state index is 0.0632. The van der Waals surface area contributed by atoms with Gasteiger partial charge in [0.25, 0.3) is 0 Å². The molecule has 0 aromatic heterocycles. The van der Waals surface area contributed by atoms with E-state index in [1.54, 1.807) is 36.4 Å². The van der Waals surface area contributed by atoms with E-state index in [2.05, 4.69) is 38.1 Å². The lowest BCUT2D eigenvalue weighted by molar-refractivity contribution is 0.474. The second kappa shape index (κ2) is 9.83. The summed E-state index contributed by atoms with van der Waals surface area (Å²) in [5.74, 6) is 1.31. The molecule has 3 heteroatoms. The summed E-state index contributed by atoms with van der Waals surface area (Å²) in [5, 5.41) is 29.3. The van der Waals surface area contributed by atoms with Crippen molar-refractivity contribution >= 4 is 0 Å². The van der Waals surface area contributed by atoms with Crippen molar-refractivity contribution in [1.82, 2.24) is 0 Å². The van der Waals surface area contributed by atoms with Gasteiger partial charge in [-0.15, -0.1) is 0 Å². The Hall–Kier alpha value is -3.72. The van der Waals surface area contributed by atoms with Crippen LogP contribution in [0, 0.1) is 0 Å². The van der Waals surface area contributed by atoms with Crippen molar-refractivity contribution in [3.05, 3.63) is 125 Å². The molecule has 2 atom stereocenters. The Morgan fingerprint density at radius 2 is 0.970 bits per heavy atom. The van der Waals surface area contributed by atoms with Gasteiger partial charge < -0.3 is 15.3 Å². The number of phenolic OH excluding ortho intramolecular Hbond substituents is 3. The van der Waals surface area contributed by atoms with Crippen molar-refractivity contribution in [2.45, 2.75) is 38.0 Å². The van der Waals surface area contributed by atoms with Gasteiger partial charge in [0, 0.05) is 5.92 Å². The molecule has 0 amide bonds. The molecule has 0 bridgehead atoms. The van der Waals surface area contributed by atoms with Gasteiger partial charge in [0.15, 0.2) is 0 Å². The molecule has 0 radical (unpaired) electrons. The summed E-state index contributed by atoms with van der Waals surface area (Å²) in [4.78, 5) is 0. The van der Waals surface area contributed by atoms with Crippen LogP contribution in [0.3, 0.4) is 0 Å². The molecule has 168 valence electrons. The van der Waals surface area contributed by atoms with Crippen molar-refractivity contribution < 1.29 is 15.3 Å². The predicted molar refractivity (Wildman–Crippen MR) is 133 cm³/mol. The Morgan fingerprint density at radius 3 is 1.45 bits per heavy atom. The van der Waals surface area contributed by atoms with Crippen LogP contribution < -0.4 is 0 Å². The number of hydrogen-bond acceptors (Lipinski definition) is 3. The van der Waals surface area contributed by atoms with Crippen LogP contribution in [-0.2, 0) is 6.42 Å². The third-order valence-corrected chi connectivity index (χ3v) is 6.50. The molecule has 33 heavy (non-hydrogen) atoms. The van der Waals surface area contributed by atoms with Crippen LogP contribution in [0.1, 0.15) is 59.4 Å². The van der Waals surface area contributed by atoms with Crippen molar-refractivity contribution in [3.8, 4) is 17.2 Å². The second-order valence-corrected chi connectivity index (χ2v) is 8.85. The highest BCUT2D eigenvalue weighted by Gasteiger charge is 2.26. The number of aromatic hydroxyl groups is 3. The first-order valence-electron chi connectivity index (χ1n) is 11.4. The maximum Gasteiger partial charge on any atom is 0.115 e. The second-order valence-electron chi connectivity index (χ2n) is 8.85. The molecule has 0 saturated carbocycles. The summed E-state index contributed by atoms with van der Waals surface area (Å²) < 4.78 is 0. The predicted octanol–water partition coefficient (Wildman–Crippen LogP) is 7.09. The van der Waals surface area contributed by atoms with Crippen LogP contribution in [0.4, 0.5) is 0 Å². The Balaban J connectivity index is 1.72. The van der Waals surface area contributed by atoms with Gasteiger partial charge in [-0.3, -0.25) is 0 Å². The van der Waals surface area contributed by atoms with E-state index in [0.29, 0.717) is 5.92 Å². The first kappa shape index (κ1) is 22.5. The van der Waals surface area contributed by atoms with Crippen molar-refractivity contribution in [2.75, 3.05) is 0 Å². The van der Waals surface area contributed by atoms with Crippen LogP contribution in [0.2, 0.25) is 0 Å². The fraction of sp³-hybridized carbons (Fsp3) is 0.200. The molecule has 0 fully saturated rings. The van der Waals surface area contributed by atoms with Gasteiger partial charge in [-0.05, 0) is 82.5 Å². The van der Waals surface area contributed by atoms with Crippen LogP contribution in [0.25, 0.3) is 0 Å². The minimum atomic E-state index is 0.0632. The molecule has 3 nitrogen and oxygen atoms in total. The normalized spacial score (nSPS) is 13.1. The van der Waals surface area contributed by atoms with E-state index >= 15 is 0 Å². The van der Waals surface area contributed by atoms with E-state index in [1.165, 1.54) is 16.7 Å². The molecule has 0 aliphatic rings. The third-order valence-electron chi connectivity index (χ3n) is 6.50. The summed E-state index contributed by atoms with van der Waals surface area (Å²) in [5.41, 5.74) is 6.02. The zero-order valence-corrected chi connectivity index (χ0v) is 19.0. The molecule has 0 aliphatic heterocycles. The molecule has 4 rings (SSSR count). The lowest BCUT2D eigenvalue weighted by Gasteiger charge is -2.29. The fourth-order valence-electron chi connectivity index (χ4n) is 4.78. The van der Waals surface area contributed by atoms with Gasteiger partial charge in [-0.2, -0.15) is 0 Å². The SMILES string of the molecule is CC(Cc1ccc(O)cc1)c1ccccc1C(C)C(c1ccc(O)cc1)c1ccc(O)cc1. The summed E-state index contributed by atoms with van der Waals surface area (Å²) >= 11 is 0. The average molecular weight is 439 g/mol. The maximum atomic E-state index is 9.83. The van der Waals surface area contributed by atoms with Gasteiger partial charge in [0.05, 0.1) is 0 Å². The van der Waals surface area contributed by atoms with E-state index in [9.17, 15) is 15.3 Å². The Morgan fingerprint density at radius 1 is 0.545 bits per heavy atom. The van der Waals surface area contributed by atoms with Gasteiger partial charge in [-0.1, -0.05) is 74.5 Å². The molecule has 0 saturated heterocycles. The van der Waals surface area contributed by atoms with Gasteiger partial charge in [-0.25, -0.2) is 0 Å². The minimum Gasteiger partial charge on any atom is -0.508 e. The first-order valence-corrected chi connectivity index (χ1v) is 11.4. The largest absolute Gasteiger partial charge is 0.508 e. The smallest absolute Gasteiger partial charge is 0.115 e. The van der Waals surface area contributed by atoms with Crippen molar-refractivity contribution in [2.24, 2.45) is 0 Å². The molecular weight excluding hydrogens is 408 g/mol. The summed E-state index contributed by atoms with van der Waals surface area (Å²) in [6, 6.07) is 30.9. The highest BCUT2D eigenvalue weighted by atomic mass is 16.3. The van der Waals surface area contributed by atoms with E-state index in [1.807, 2.05) is 36.4 Å². The topological polar surface area (TPSA) is 60.7 Å². The average Bonchev–Trinajstić information content (AvgIpc) is 2.83. The molecular formula is C30H30O3. The van der Waals surface area contributed by atoms with E-state index in [0.717, 1.165) is 17.5 Å². The van der Waals surface area contributed by atoms with E-state index in [-0.39, 0.29) is 29.1 Å². The van der Waals surface area contributed by atoms with Crippen molar-refractivity contribution in [3.63, 3.8) is 0 Å². The zero-order valence-electron chi connectivity index (χ0n) is 19.0. The van der Waals surface area contributed by atoms with Gasteiger partial charge >= 0.3 is 0 Å². The third kappa shape index (κ3) is 5.20. The van der Waals surface area contributed by atoms with Gasteiger partial charge in [0.2, 0.25) is 0 Å². The number of hydrogen-bond donors (Lipinski definition) is 3. The molecule has 0 aliphatic carbocycles. The summed E-state index contributed by atoms with van der Waals surface area (Å²) in [6.07, 6.45) is 0.882. The van der Waals surface area contributed by atoms with Crippen LogP contribution in [0.15, 0.2) is 97.1 Å². The lowest BCUT2D eigenvalue weighted by atomic mass is 9.75. The van der Waals surface area contributed by atoms with Crippen LogP contribution in [0.5, 0.6) is 17.2 Å². The highest BCUT2D eigenvalue weighted by Crippen LogP contribution is 2.42. The Labute approximate surface area is 195 Å². The Kier molecular flexibility index (Phi) is 6.69. The molecule has 0 heterocycles. The van der Waals surface area contributed by atoms with E-state index < -0.39 is 0 Å². The van der Waals surface area contributed by atoms with E-state index in [4.69, 9.17) is 0 Å². The standard InChI is InChI=1S/C30H30O3/c1-20(19-22-7-13-25(31)14-8-22)28-5-3-4-6-29(28)21(2)30(23-9-15-26(32)16-10-23)24-11-17-27(33)18-12-24/h3-18,20-21,30-33H,19H2,1-2H3. The number of rotatable bonds is 7. The lowest BCUT2D eigenvalue weighted by Crippen LogP contribution is -2.13. The van der Waals surface area contributed by atoms with Crippen molar-refractivity contribution in [1.29, 1.82) is 0 Å². The zero-order chi connectivity index (χ0) is 23.4. The van der Waals surface area contributed by atoms with Crippen LogP contribution >= 0.6 is 0 Å². The van der Waals surface area contributed by atoms with Gasteiger partial charge in [0.1, 0.15) is 17.2 Å². The number of phenols is 3. The number of benzene rings is 4. The molecule has 4 aromatic carbocycles. The molecule has 3 N–H and O–H groups in total. The highest BCUT2D eigenvalue weighted by molar-refractivity contribution is 5.44. The first-order chi connectivity index (χ1) is 15.9. The summed E-state index contributed by atoms with van der Waals surface area (Å²) in [6.45, 7) is 4.49. The molecule has 2 unspecified atom stereocenters. The monoisotopic (exact) mass is 438 g/mol. The quantitative estimate of drug-likeness (QED) is 0.289. The molecule has 4 aromatic rings.